The van der Waals surface area contributed by atoms with Gasteiger partial charge in [-0.05, 0) is 30.7 Å². The second-order valence-corrected chi connectivity index (χ2v) is 5.42. The molecule has 2 nitrogen and oxygen atoms in total. The van der Waals surface area contributed by atoms with Crippen LogP contribution in [0.3, 0.4) is 0 Å². The van der Waals surface area contributed by atoms with Crippen molar-refractivity contribution in [2.45, 2.75) is 26.3 Å². The molecule has 0 radical (unpaired) electrons. The van der Waals surface area contributed by atoms with Gasteiger partial charge in [-0.15, -0.1) is 0 Å². The third-order valence-electron chi connectivity index (χ3n) is 4.20. The van der Waals surface area contributed by atoms with E-state index in [-0.39, 0.29) is 0 Å². The minimum Gasteiger partial charge on any atom is -0.361 e. The van der Waals surface area contributed by atoms with E-state index in [1.54, 1.807) is 0 Å². The molecule has 0 spiro atoms. The van der Waals surface area contributed by atoms with Gasteiger partial charge in [0.2, 0.25) is 0 Å². The monoisotopic (exact) mass is 262 g/mol. The van der Waals surface area contributed by atoms with Crippen LogP contribution < -0.4 is 0 Å². The Balaban J connectivity index is 2.17. The Morgan fingerprint density at radius 2 is 1.85 bits per heavy atom. The Morgan fingerprint density at radius 3 is 2.75 bits per heavy atom. The van der Waals surface area contributed by atoms with E-state index in [1.807, 2.05) is 6.20 Å². The zero-order valence-corrected chi connectivity index (χ0v) is 11.7. The molecule has 0 aliphatic carbocycles. The molecular weight excluding hydrogens is 244 g/mol. The van der Waals surface area contributed by atoms with Crippen LogP contribution in [0.5, 0.6) is 0 Å². The van der Waals surface area contributed by atoms with E-state index in [9.17, 15) is 0 Å². The number of rotatable bonds is 3. The molecule has 0 unspecified atom stereocenters. The van der Waals surface area contributed by atoms with Gasteiger partial charge in [0.05, 0.1) is 0 Å². The molecule has 20 heavy (non-hydrogen) atoms. The Bertz CT molecular complexity index is 896. The van der Waals surface area contributed by atoms with E-state index in [0.717, 1.165) is 6.54 Å². The van der Waals surface area contributed by atoms with Gasteiger partial charge in [-0.1, -0.05) is 31.5 Å². The standard InChI is InChI=1S/C18H18N2/c1-2-3-12-20-16-7-5-4-6-14(16)18-13-10-11-19-15(13)8-9-17(18)20/h4-11,19H,2-3,12H2,1H3. The lowest BCUT2D eigenvalue weighted by Gasteiger charge is -2.06. The first-order valence-corrected chi connectivity index (χ1v) is 7.37. The third kappa shape index (κ3) is 1.51. The van der Waals surface area contributed by atoms with Crippen molar-refractivity contribution in [3.63, 3.8) is 0 Å². The first-order chi connectivity index (χ1) is 9.90. The van der Waals surface area contributed by atoms with Crippen molar-refractivity contribution < 1.29 is 0 Å². The average molecular weight is 262 g/mol. The van der Waals surface area contributed by atoms with Gasteiger partial charge in [-0.2, -0.15) is 0 Å². The fourth-order valence-corrected chi connectivity index (χ4v) is 3.24. The van der Waals surface area contributed by atoms with Gasteiger partial charge in [0.1, 0.15) is 0 Å². The van der Waals surface area contributed by atoms with Gasteiger partial charge in [-0.25, -0.2) is 0 Å². The summed E-state index contributed by atoms with van der Waals surface area (Å²) in [6.07, 6.45) is 4.47. The number of aryl methyl sites for hydroxylation is 1. The molecule has 4 rings (SSSR count). The first-order valence-electron chi connectivity index (χ1n) is 7.37. The molecule has 0 atom stereocenters. The van der Waals surface area contributed by atoms with E-state index in [1.165, 1.54) is 45.6 Å². The molecule has 2 heterocycles. The molecule has 1 N–H and O–H groups in total. The van der Waals surface area contributed by atoms with Gasteiger partial charge in [0.15, 0.2) is 0 Å². The van der Waals surface area contributed by atoms with Crippen LogP contribution in [0.2, 0.25) is 0 Å². The molecule has 0 saturated heterocycles. The lowest BCUT2D eigenvalue weighted by Crippen LogP contribution is -1.96. The van der Waals surface area contributed by atoms with Crippen molar-refractivity contribution >= 4 is 32.7 Å². The summed E-state index contributed by atoms with van der Waals surface area (Å²) in [6.45, 7) is 3.34. The highest BCUT2D eigenvalue weighted by atomic mass is 15.0. The Labute approximate surface area is 118 Å². The van der Waals surface area contributed by atoms with E-state index < -0.39 is 0 Å². The minimum absolute atomic E-state index is 1.09. The zero-order valence-electron chi connectivity index (χ0n) is 11.7. The number of nitrogens with zero attached hydrogens (tertiary/aromatic N) is 1. The predicted octanol–water partition coefficient (Wildman–Crippen LogP) is 5.08. The summed E-state index contributed by atoms with van der Waals surface area (Å²) in [5, 5.41) is 4.08. The van der Waals surface area contributed by atoms with Crippen molar-refractivity contribution in [2.24, 2.45) is 0 Å². The Kier molecular flexibility index (Phi) is 2.56. The minimum atomic E-state index is 1.09. The molecule has 0 aliphatic heterocycles. The zero-order chi connectivity index (χ0) is 13.5. The number of aromatic amines is 1. The first kappa shape index (κ1) is 11.6. The van der Waals surface area contributed by atoms with Crippen molar-refractivity contribution in [1.82, 2.24) is 9.55 Å². The smallest absolute Gasteiger partial charge is 0.0498 e. The van der Waals surface area contributed by atoms with E-state index in [2.05, 4.69) is 58.9 Å². The number of para-hydroxylation sites is 1. The number of aromatic nitrogens is 2. The highest BCUT2D eigenvalue weighted by molar-refractivity contribution is 6.20. The number of benzene rings is 2. The van der Waals surface area contributed by atoms with Crippen molar-refractivity contribution in [3.8, 4) is 0 Å². The fourth-order valence-electron chi connectivity index (χ4n) is 3.24. The van der Waals surface area contributed by atoms with Crippen LogP contribution in [0.1, 0.15) is 19.8 Å². The number of unbranched alkanes of at least 4 members (excludes halogenated alkanes) is 1. The maximum Gasteiger partial charge on any atom is 0.0498 e. The molecular formula is C18H18N2. The van der Waals surface area contributed by atoms with Gasteiger partial charge in [0.25, 0.3) is 0 Å². The largest absolute Gasteiger partial charge is 0.361 e. The molecule has 0 aliphatic rings. The summed E-state index contributed by atoms with van der Waals surface area (Å²) in [6, 6.07) is 15.4. The summed E-state index contributed by atoms with van der Waals surface area (Å²) in [4.78, 5) is 3.32. The number of nitrogens with one attached hydrogen (secondary N) is 1. The lowest BCUT2D eigenvalue weighted by molar-refractivity contribution is 0.665. The van der Waals surface area contributed by atoms with Gasteiger partial charge in [-0.3, -0.25) is 0 Å². The maximum atomic E-state index is 3.32. The van der Waals surface area contributed by atoms with Gasteiger partial charge in [0, 0.05) is 45.5 Å². The summed E-state index contributed by atoms with van der Waals surface area (Å²) in [5.41, 5.74) is 3.92. The summed E-state index contributed by atoms with van der Waals surface area (Å²) >= 11 is 0. The molecule has 4 aromatic rings. The Morgan fingerprint density at radius 1 is 0.950 bits per heavy atom. The topological polar surface area (TPSA) is 20.7 Å². The summed E-state index contributed by atoms with van der Waals surface area (Å²) < 4.78 is 2.47. The molecule has 2 aromatic carbocycles. The second-order valence-electron chi connectivity index (χ2n) is 5.42. The van der Waals surface area contributed by atoms with E-state index in [0.29, 0.717) is 0 Å². The van der Waals surface area contributed by atoms with Crippen LogP contribution in [0.25, 0.3) is 32.7 Å². The van der Waals surface area contributed by atoms with Crippen molar-refractivity contribution in [3.05, 3.63) is 48.7 Å². The molecule has 0 bridgehead atoms. The quantitative estimate of drug-likeness (QED) is 0.532. The molecule has 2 heteroatoms. The van der Waals surface area contributed by atoms with Gasteiger partial charge < -0.3 is 9.55 Å². The molecule has 100 valence electrons. The summed E-state index contributed by atoms with van der Waals surface area (Å²) in [5.74, 6) is 0. The summed E-state index contributed by atoms with van der Waals surface area (Å²) in [7, 11) is 0. The van der Waals surface area contributed by atoms with E-state index in [4.69, 9.17) is 0 Å². The fraction of sp³-hybridized carbons (Fsp3) is 0.222. The Hall–Kier alpha value is -2.22. The third-order valence-corrected chi connectivity index (χ3v) is 4.20. The van der Waals surface area contributed by atoms with Crippen molar-refractivity contribution in [1.29, 1.82) is 0 Å². The van der Waals surface area contributed by atoms with E-state index >= 15 is 0 Å². The molecule has 2 aromatic heterocycles. The second kappa shape index (κ2) is 4.41. The predicted molar refractivity (Wildman–Crippen MR) is 86.2 cm³/mol. The van der Waals surface area contributed by atoms with Crippen LogP contribution in [0.4, 0.5) is 0 Å². The SMILES string of the molecule is CCCCn1c2ccccc2c2c3cc[nH]c3ccc21. The lowest BCUT2D eigenvalue weighted by atomic mass is 10.1. The van der Waals surface area contributed by atoms with Crippen LogP contribution in [-0.2, 0) is 6.54 Å². The number of H-pyrrole nitrogens is 1. The van der Waals surface area contributed by atoms with Crippen LogP contribution in [0, 0.1) is 0 Å². The van der Waals surface area contributed by atoms with Crippen LogP contribution >= 0.6 is 0 Å². The molecule has 0 amide bonds. The van der Waals surface area contributed by atoms with Crippen LogP contribution in [-0.4, -0.2) is 9.55 Å². The highest BCUT2D eigenvalue weighted by Crippen LogP contribution is 2.34. The van der Waals surface area contributed by atoms with Crippen LogP contribution in [0.15, 0.2) is 48.7 Å². The normalized spacial score (nSPS) is 11.8. The number of hydrogen-bond donors (Lipinski definition) is 1. The number of hydrogen-bond acceptors (Lipinski definition) is 0. The highest BCUT2D eigenvalue weighted by Gasteiger charge is 2.12. The number of fused-ring (bicyclic) bond motifs is 5. The maximum absolute atomic E-state index is 3.32. The molecule has 0 fully saturated rings. The average Bonchev–Trinajstić information content (AvgIpc) is 3.07. The van der Waals surface area contributed by atoms with Gasteiger partial charge >= 0.3 is 0 Å². The molecule has 0 saturated carbocycles. The van der Waals surface area contributed by atoms with Crippen molar-refractivity contribution in [2.75, 3.05) is 0 Å².